The zero-order valence-corrected chi connectivity index (χ0v) is 11.2. The summed E-state index contributed by atoms with van der Waals surface area (Å²) in [6, 6.07) is 15.1. The van der Waals surface area contributed by atoms with E-state index in [1.165, 1.54) is 11.1 Å². The van der Waals surface area contributed by atoms with Crippen molar-refractivity contribution in [1.29, 1.82) is 0 Å². The van der Waals surface area contributed by atoms with E-state index >= 15 is 0 Å². The van der Waals surface area contributed by atoms with Gasteiger partial charge in [-0.2, -0.15) is 0 Å². The summed E-state index contributed by atoms with van der Waals surface area (Å²) in [5.41, 5.74) is 3.80. The number of benzene rings is 1. The van der Waals surface area contributed by atoms with Crippen molar-refractivity contribution in [2.24, 2.45) is 0 Å². The van der Waals surface area contributed by atoms with Crippen molar-refractivity contribution in [3.05, 3.63) is 65.6 Å². The van der Waals surface area contributed by atoms with E-state index in [0.717, 1.165) is 30.9 Å². The Morgan fingerprint density at radius 1 is 1.10 bits per heavy atom. The third-order valence-electron chi connectivity index (χ3n) is 4.02. The molecule has 0 radical (unpaired) electrons. The molecule has 1 unspecified atom stereocenters. The van der Waals surface area contributed by atoms with Crippen molar-refractivity contribution < 1.29 is 0 Å². The minimum atomic E-state index is 0.433. The molecule has 3 aromatic rings. The Balaban J connectivity index is 1.54. The molecule has 100 valence electrons. The van der Waals surface area contributed by atoms with Crippen LogP contribution in [0.3, 0.4) is 0 Å². The van der Waals surface area contributed by atoms with Crippen LogP contribution in [0, 0.1) is 0 Å². The van der Waals surface area contributed by atoms with Crippen LogP contribution in [0.4, 0.5) is 0 Å². The number of hydrogen-bond donors (Lipinski definition) is 1. The largest absolute Gasteiger partial charge is 0.303 e. The van der Waals surface area contributed by atoms with Crippen LogP contribution >= 0.6 is 0 Å². The lowest BCUT2D eigenvalue weighted by Gasteiger charge is -2.13. The Morgan fingerprint density at radius 3 is 3.00 bits per heavy atom. The van der Waals surface area contributed by atoms with Crippen LogP contribution in [0.1, 0.15) is 29.4 Å². The van der Waals surface area contributed by atoms with E-state index in [1.54, 1.807) is 0 Å². The second-order valence-corrected chi connectivity index (χ2v) is 5.22. The van der Waals surface area contributed by atoms with Crippen molar-refractivity contribution in [2.75, 3.05) is 0 Å². The smallest absolute Gasteiger partial charge is 0.160 e. The highest BCUT2D eigenvalue weighted by Gasteiger charge is 2.21. The maximum Gasteiger partial charge on any atom is 0.160 e. The number of nitrogens with one attached hydrogen (secondary N) is 1. The molecule has 1 atom stereocenters. The normalized spacial score (nSPS) is 17.5. The monoisotopic (exact) mass is 264 g/mol. The standard InChI is InChI=1S/C16H16N4/c1-2-6-13-12(5-1)8-9-14(13)17-11-16-19-18-15-7-3-4-10-20(15)16/h1-7,10,14,17H,8-9,11H2. The number of hydrogen-bond acceptors (Lipinski definition) is 3. The quantitative estimate of drug-likeness (QED) is 0.790. The molecule has 4 heteroatoms. The van der Waals surface area contributed by atoms with Gasteiger partial charge in [-0.15, -0.1) is 10.2 Å². The summed E-state index contributed by atoms with van der Waals surface area (Å²) < 4.78 is 2.04. The highest BCUT2D eigenvalue weighted by molar-refractivity contribution is 5.37. The first-order valence-electron chi connectivity index (χ1n) is 7.01. The fourth-order valence-corrected chi connectivity index (χ4v) is 3.00. The van der Waals surface area contributed by atoms with Gasteiger partial charge in [0, 0.05) is 12.2 Å². The van der Waals surface area contributed by atoms with E-state index in [2.05, 4.69) is 39.8 Å². The molecule has 2 heterocycles. The van der Waals surface area contributed by atoms with E-state index < -0.39 is 0 Å². The third-order valence-corrected chi connectivity index (χ3v) is 4.02. The minimum Gasteiger partial charge on any atom is -0.303 e. The SMILES string of the molecule is c1ccc2c(c1)CCC2NCc1nnc2ccccn12. The summed E-state index contributed by atoms with van der Waals surface area (Å²) in [5.74, 6) is 0.963. The van der Waals surface area contributed by atoms with E-state index in [-0.39, 0.29) is 0 Å². The Kier molecular flexibility index (Phi) is 2.74. The van der Waals surface area contributed by atoms with Gasteiger partial charge in [-0.3, -0.25) is 4.40 Å². The zero-order valence-electron chi connectivity index (χ0n) is 11.2. The van der Waals surface area contributed by atoms with Gasteiger partial charge in [-0.25, -0.2) is 0 Å². The van der Waals surface area contributed by atoms with Gasteiger partial charge in [-0.1, -0.05) is 30.3 Å². The van der Waals surface area contributed by atoms with Crippen molar-refractivity contribution in [3.63, 3.8) is 0 Å². The first kappa shape index (κ1) is 11.6. The van der Waals surface area contributed by atoms with Crippen LogP contribution in [0.15, 0.2) is 48.7 Å². The van der Waals surface area contributed by atoms with Gasteiger partial charge >= 0.3 is 0 Å². The molecule has 0 amide bonds. The fourth-order valence-electron chi connectivity index (χ4n) is 3.00. The first-order chi connectivity index (χ1) is 9.92. The number of rotatable bonds is 3. The Labute approximate surface area is 117 Å². The van der Waals surface area contributed by atoms with Crippen LogP contribution in [0.25, 0.3) is 5.65 Å². The number of nitrogens with zero attached hydrogens (tertiary/aromatic N) is 3. The van der Waals surface area contributed by atoms with Crippen LogP contribution in [0.2, 0.25) is 0 Å². The summed E-state index contributed by atoms with van der Waals surface area (Å²) in [6.45, 7) is 0.740. The van der Waals surface area contributed by atoms with Crippen LogP contribution in [-0.4, -0.2) is 14.6 Å². The molecule has 2 aromatic heterocycles. The average Bonchev–Trinajstić information content (AvgIpc) is 3.09. The molecule has 1 aromatic carbocycles. The number of aromatic nitrogens is 3. The van der Waals surface area contributed by atoms with Crippen molar-refractivity contribution >= 4 is 5.65 Å². The Morgan fingerprint density at radius 2 is 2.00 bits per heavy atom. The molecule has 4 rings (SSSR count). The molecular formula is C16H16N4. The molecule has 0 aliphatic heterocycles. The van der Waals surface area contributed by atoms with Crippen LogP contribution in [0.5, 0.6) is 0 Å². The summed E-state index contributed by atoms with van der Waals surface area (Å²) in [6.07, 6.45) is 4.33. The molecule has 0 bridgehead atoms. The fraction of sp³-hybridized carbons (Fsp3) is 0.250. The first-order valence-corrected chi connectivity index (χ1v) is 7.01. The molecule has 0 spiro atoms. The summed E-state index contributed by atoms with van der Waals surface area (Å²) >= 11 is 0. The van der Waals surface area contributed by atoms with E-state index in [4.69, 9.17) is 0 Å². The van der Waals surface area contributed by atoms with Crippen molar-refractivity contribution in [2.45, 2.75) is 25.4 Å². The molecule has 0 fully saturated rings. The van der Waals surface area contributed by atoms with Crippen LogP contribution < -0.4 is 5.32 Å². The summed E-state index contributed by atoms with van der Waals surface area (Å²) in [5, 5.41) is 12.1. The maximum absolute atomic E-state index is 4.26. The lowest BCUT2D eigenvalue weighted by molar-refractivity contribution is 0.517. The number of fused-ring (bicyclic) bond motifs is 2. The lowest BCUT2D eigenvalue weighted by atomic mass is 10.1. The molecule has 0 saturated carbocycles. The lowest BCUT2D eigenvalue weighted by Crippen LogP contribution is -2.20. The topological polar surface area (TPSA) is 42.2 Å². The average molecular weight is 264 g/mol. The summed E-state index contributed by atoms with van der Waals surface area (Å²) in [4.78, 5) is 0. The Hall–Kier alpha value is -2.20. The molecule has 20 heavy (non-hydrogen) atoms. The predicted octanol–water partition coefficient (Wildman–Crippen LogP) is 2.51. The second-order valence-electron chi connectivity index (χ2n) is 5.22. The molecule has 1 aliphatic rings. The molecule has 4 nitrogen and oxygen atoms in total. The number of aryl methyl sites for hydroxylation is 1. The molecule has 1 aliphatic carbocycles. The third kappa shape index (κ3) is 1.89. The molecule has 0 saturated heterocycles. The van der Waals surface area contributed by atoms with Crippen molar-refractivity contribution in [3.8, 4) is 0 Å². The zero-order chi connectivity index (χ0) is 13.4. The van der Waals surface area contributed by atoms with Crippen molar-refractivity contribution in [1.82, 2.24) is 19.9 Å². The van der Waals surface area contributed by atoms with Crippen LogP contribution in [-0.2, 0) is 13.0 Å². The molecule has 1 N–H and O–H groups in total. The second kappa shape index (κ2) is 4.72. The minimum absolute atomic E-state index is 0.433. The summed E-state index contributed by atoms with van der Waals surface area (Å²) in [7, 11) is 0. The highest BCUT2D eigenvalue weighted by Crippen LogP contribution is 2.30. The van der Waals surface area contributed by atoms with Gasteiger partial charge in [0.25, 0.3) is 0 Å². The van der Waals surface area contributed by atoms with Gasteiger partial charge in [0.05, 0.1) is 6.54 Å². The maximum atomic E-state index is 4.26. The Bertz CT molecular complexity index is 747. The predicted molar refractivity (Wildman–Crippen MR) is 77.3 cm³/mol. The van der Waals surface area contributed by atoms with Gasteiger partial charge in [0.15, 0.2) is 11.5 Å². The molecular weight excluding hydrogens is 248 g/mol. The van der Waals surface area contributed by atoms with E-state index in [9.17, 15) is 0 Å². The van der Waals surface area contributed by atoms with E-state index in [0.29, 0.717) is 6.04 Å². The van der Waals surface area contributed by atoms with Gasteiger partial charge < -0.3 is 5.32 Å². The highest BCUT2D eigenvalue weighted by atomic mass is 15.3. The van der Waals surface area contributed by atoms with Gasteiger partial charge in [0.2, 0.25) is 0 Å². The number of pyridine rings is 1. The van der Waals surface area contributed by atoms with Gasteiger partial charge in [-0.05, 0) is 36.1 Å². The van der Waals surface area contributed by atoms with Gasteiger partial charge in [0.1, 0.15) is 0 Å². The van der Waals surface area contributed by atoms with E-state index in [1.807, 2.05) is 28.8 Å².